The van der Waals surface area contributed by atoms with Crippen molar-refractivity contribution in [2.75, 3.05) is 0 Å². The summed E-state index contributed by atoms with van der Waals surface area (Å²) in [6, 6.07) is 37.8. The van der Waals surface area contributed by atoms with E-state index in [1.807, 2.05) is 0 Å². The van der Waals surface area contributed by atoms with Gasteiger partial charge in [0, 0.05) is 0 Å². The maximum atomic E-state index is 6.54. The summed E-state index contributed by atoms with van der Waals surface area (Å²) in [5, 5.41) is 5.18. The normalized spacial score (nSPS) is 18.9. The Bertz CT molecular complexity index is 1580. The van der Waals surface area contributed by atoms with E-state index in [-0.39, 0.29) is 0 Å². The Balaban J connectivity index is 1.60. The average molecular weight is 468 g/mol. The zero-order valence-electron chi connectivity index (χ0n) is 21.2. The molecule has 1 aliphatic heterocycles. The first-order valence-electron chi connectivity index (χ1n) is 12.8. The van der Waals surface area contributed by atoms with Gasteiger partial charge in [0.25, 0.3) is 0 Å². The van der Waals surface area contributed by atoms with E-state index < -0.39 is 23.7 Å². The number of hydrogen-bond donors (Lipinski definition) is 0. The molecule has 176 valence electrons. The zero-order valence-corrected chi connectivity index (χ0v) is 21.2. The van der Waals surface area contributed by atoms with Crippen molar-refractivity contribution >= 4 is 34.1 Å². The quantitative estimate of drug-likeness (QED) is 0.206. The van der Waals surface area contributed by atoms with Crippen LogP contribution < -0.4 is 5.46 Å². The molecule has 2 aliphatic rings. The Hall–Kier alpha value is -3.40. The Morgan fingerprint density at radius 2 is 1.08 bits per heavy atom. The van der Waals surface area contributed by atoms with Crippen LogP contribution in [0.2, 0.25) is 0 Å². The second-order valence-corrected chi connectivity index (χ2v) is 11.2. The van der Waals surface area contributed by atoms with Gasteiger partial charge in [-0.15, -0.1) is 0 Å². The van der Waals surface area contributed by atoms with Gasteiger partial charge in [-0.05, 0) is 77.0 Å². The lowest BCUT2D eigenvalue weighted by Gasteiger charge is -2.34. The van der Waals surface area contributed by atoms with Crippen molar-refractivity contribution in [3.63, 3.8) is 0 Å². The Kier molecular flexibility index (Phi) is 4.44. The molecule has 0 N–H and O–H groups in total. The van der Waals surface area contributed by atoms with E-state index in [1.165, 1.54) is 43.8 Å². The van der Waals surface area contributed by atoms with Crippen molar-refractivity contribution in [2.45, 2.75) is 44.3 Å². The predicted octanol–water partition coefficient (Wildman–Crippen LogP) is 6.99. The molecule has 36 heavy (non-hydrogen) atoms. The molecule has 5 aromatic rings. The van der Waals surface area contributed by atoms with Gasteiger partial charge in [0.1, 0.15) is 0 Å². The molecule has 7 rings (SSSR count). The highest BCUT2D eigenvalue weighted by Crippen LogP contribution is 2.55. The second kappa shape index (κ2) is 7.32. The van der Waals surface area contributed by atoms with E-state index in [2.05, 4.69) is 131 Å². The summed E-state index contributed by atoms with van der Waals surface area (Å²) in [5.74, 6) is 0. The molecule has 0 radical (unpaired) electrons. The molecule has 1 saturated heterocycles. The molecule has 1 fully saturated rings. The lowest BCUT2D eigenvalue weighted by Crippen LogP contribution is -2.41. The third kappa shape index (κ3) is 2.76. The smallest absolute Gasteiger partial charge is 0.399 e. The molecule has 0 unspecified atom stereocenters. The summed E-state index contributed by atoms with van der Waals surface area (Å²) in [6.45, 7) is 8.46. The summed E-state index contributed by atoms with van der Waals surface area (Å²) >= 11 is 0. The van der Waals surface area contributed by atoms with E-state index in [0.29, 0.717) is 0 Å². The van der Waals surface area contributed by atoms with Gasteiger partial charge in [-0.25, -0.2) is 0 Å². The van der Waals surface area contributed by atoms with Gasteiger partial charge in [0.2, 0.25) is 0 Å². The van der Waals surface area contributed by atoms with Crippen LogP contribution >= 0.6 is 0 Å². The predicted molar refractivity (Wildman–Crippen MR) is 149 cm³/mol. The van der Waals surface area contributed by atoms with Crippen LogP contribution in [0.25, 0.3) is 21.5 Å². The van der Waals surface area contributed by atoms with Crippen molar-refractivity contribution in [3.05, 3.63) is 125 Å². The Morgan fingerprint density at radius 3 is 1.69 bits per heavy atom. The molecule has 0 spiro atoms. The minimum atomic E-state index is -0.427. The SMILES string of the molecule is CC1(C)OB(c2cc3c4c(ccc5cccc(c54)C3(c3ccccc3)c3ccccc3)c2)OC1(C)C. The van der Waals surface area contributed by atoms with Gasteiger partial charge in [-0.3, -0.25) is 0 Å². The van der Waals surface area contributed by atoms with Gasteiger partial charge in [0.15, 0.2) is 0 Å². The molecule has 1 aliphatic carbocycles. The maximum Gasteiger partial charge on any atom is 0.494 e. The van der Waals surface area contributed by atoms with E-state index in [9.17, 15) is 0 Å². The van der Waals surface area contributed by atoms with Crippen LogP contribution in [0.5, 0.6) is 0 Å². The summed E-state index contributed by atoms with van der Waals surface area (Å²) in [4.78, 5) is 0. The highest BCUT2D eigenvalue weighted by molar-refractivity contribution is 6.62. The molecule has 2 nitrogen and oxygen atoms in total. The Morgan fingerprint density at radius 1 is 0.528 bits per heavy atom. The number of rotatable bonds is 3. The minimum Gasteiger partial charge on any atom is -0.399 e. The minimum absolute atomic E-state index is 0.393. The maximum absolute atomic E-state index is 6.54. The molecule has 5 aromatic carbocycles. The summed E-state index contributed by atoms with van der Waals surface area (Å²) in [7, 11) is -0.417. The first kappa shape index (κ1) is 21.9. The summed E-state index contributed by atoms with van der Waals surface area (Å²) in [6.07, 6.45) is 0. The van der Waals surface area contributed by atoms with Crippen LogP contribution in [0, 0.1) is 0 Å². The van der Waals surface area contributed by atoms with Gasteiger partial charge in [0.05, 0.1) is 16.6 Å². The van der Waals surface area contributed by atoms with Crippen LogP contribution in [-0.2, 0) is 14.7 Å². The van der Waals surface area contributed by atoms with Gasteiger partial charge < -0.3 is 9.31 Å². The molecule has 3 heteroatoms. The molecule has 0 saturated carbocycles. The van der Waals surface area contributed by atoms with Crippen LogP contribution in [-0.4, -0.2) is 18.3 Å². The van der Waals surface area contributed by atoms with E-state index in [4.69, 9.17) is 9.31 Å². The molecule has 0 amide bonds. The highest BCUT2D eigenvalue weighted by Gasteiger charge is 2.53. The first-order valence-corrected chi connectivity index (χ1v) is 12.8. The topological polar surface area (TPSA) is 18.5 Å². The fourth-order valence-corrected chi connectivity index (χ4v) is 6.30. The zero-order chi connectivity index (χ0) is 24.7. The van der Waals surface area contributed by atoms with E-state index in [0.717, 1.165) is 5.46 Å². The monoisotopic (exact) mass is 468 g/mol. The molecular weight excluding hydrogens is 439 g/mol. The van der Waals surface area contributed by atoms with Crippen LogP contribution in [0.1, 0.15) is 49.9 Å². The van der Waals surface area contributed by atoms with Crippen molar-refractivity contribution < 1.29 is 9.31 Å². The van der Waals surface area contributed by atoms with Gasteiger partial charge >= 0.3 is 7.12 Å². The second-order valence-electron chi connectivity index (χ2n) is 11.2. The fraction of sp³-hybridized carbons (Fsp3) is 0.212. The highest BCUT2D eigenvalue weighted by atomic mass is 16.7. The molecule has 1 heterocycles. The average Bonchev–Trinajstić information content (AvgIpc) is 3.31. The molecule has 0 atom stereocenters. The van der Waals surface area contributed by atoms with Crippen molar-refractivity contribution in [3.8, 4) is 0 Å². The van der Waals surface area contributed by atoms with Crippen molar-refractivity contribution in [1.29, 1.82) is 0 Å². The van der Waals surface area contributed by atoms with Crippen LogP contribution in [0.3, 0.4) is 0 Å². The summed E-state index contributed by atoms with van der Waals surface area (Å²) < 4.78 is 13.1. The van der Waals surface area contributed by atoms with Gasteiger partial charge in [-0.2, -0.15) is 0 Å². The van der Waals surface area contributed by atoms with E-state index >= 15 is 0 Å². The first-order chi connectivity index (χ1) is 17.3. The lowest BCUT2D eigenvalue weighted by atomic mass is 9.65. The van der Waals surface area contributed by atoms with Crippen LogP contribution in [0.15, 0.2) is 103 Å². The largest absolute Gasteiger partial charge is 0.494 e. The van der Waals surface area contributed by atoms with Gasteiger partial charge in [-0.1, -0.05) is 103 Å². The third-order valence-electron chi connectivity index (χ3n) is 8.73. The van der Waals surface area contributed by atoms with Crippen LogP contribution in [0.4, 0.5) is 0 Å². The molecule has 0 aromatic heterocycles. The summed E-state index contributed by atoms with van der Waals surface area (Å²) in [5.41, 5.74) is 5.03. The molecule has 0 bridgehead atoms. The Labute approximate surface area is 213 Å². The number of benzene rings is 5. The third-order valence-corrected chi connectivity index (χ3v) is 8.73. The molecular formula is C33H29BO2. The lowest BCUT2D eigenvalue weighted by molar-refractivity contribution is 0.00578. The van der Waals surface area contributed by atoms with Crippen molar-refractivity contribution in [1.82, 2.24) is 0 Å². The van der Waals surface area contributed by atoms with Crippen molar-refractivity contribution in [2.24, 2.45) is 0 Å². The van der Waals surface area contributed by atoms with E-state index in [1.54, 1.807) is 0 Å². The fourth-order valence-electron chi connectivity index (χ4n) is 6.30. The standard InChI is InChI=1S/C33H29BO2/c1-31(2)32(3,4)36-34(35-31)26-20-23-19-18-22-12-11-17-27-29(22)30(23)28(21-26)33(27,24-13-7-5-8-14-24)25-15-9-6-10-16-25/h5-21H,1-4H3. The number of hydrogen-bond acceptors (Lipinski definition) is 2.